The number of hydrogen-bond acceptors (Lipinski definition) is 4. The minimum Gasteiger partial charge on any atom is -0.326 e. The summed E-state index contributed by atoms with van der Waals surface area (Å²) < 4.78 is 41.5. The maximum absolute atomic E-state index is 13.0. The van der Waals surface area contributed by atoms with E-state index in [4.69, 9.17) is 0 Å². The second-order valence-corrected chi connectivity index (χ2v) is 11.1. The zero-order valence-corrected chi connectivity index (χ0v) is 20.2. The first-order valence-corrected chi connectivity index (χ1v) is 13.1. The Kier molecular flexibility index (Phi) is 7.04. The van der Waals surface area contributed by atoms with Crippen molar-refractivity contribution in [1.82, 2.24) is 4.72 Å². The van der Waals surface area contributed by atoms with Crippen molar-refractivity contribution in [2.45, 2.75) is 56.9 Å². The van der Waals surface area contributed by atoms with E-state index >= 15 is 0 Å². The van der Waals surface area contributed by atoms with Gasteiger partial charge in [0.25, 0.3) is 0 Å². The van der Waals surface area contributed by atoms with Crippen molar-refractivity contribution in [3.63, 3.8) is 0 Å². The topological polar surface area (TPSA) is 95.6 Å². The normalized spacial score (nSPS) is 22.3. The summed E-state index contributed by atoms with van der Waals surface area (Å²) in [5.41, 5.74) is 2.20. The van der Waals surface area contributed by atoms with Crippen LogP contribution >= 0.6 is 0 Å². The maximum Gasteiger partial charge on any atom is 0.240 e. The third-order valence-corrected chi connectivity index (χ3v) is 8.23. The summed E-state index contributed by atoms with van der Waals surface area (Å²) in [5, 5.41) is 2.82. The van der Waals surface area contributed by atoms with Crippen molar-refractivity contribution in [2.24, 2.45) is 11.8 Å². The molecular weight excluding hydrogens is 457 g/mol. The van der Waals surface area contributed by atoms with Crippen molar-refractivity contribution >= 4 is 33.2 Å². The molecule has 4 rings (SSSR count). The molecule has 2 aliphatic rings. The number of amides is 2. The summed E-state index contributed by atoms with van der Waals surface area (Å²) in [6.07, 6.45) is 3.48. The second-order valence-electron chi connectivity index (χ2n) is 9.30. The van der Waals surface area contributed by atoms with Crippen LogP contribution in [0.4, 0.5) is 15.8 Å². The number of sulfonamides is 1. The number of rotatable bonds is 6. The maximum atomic E-state index is 13.0. The standard InChI is InChI=1S/C25H30FN3O4S/c1-16-13-20-14-23(11-12-24(20)29(16)17(2)30)34(32,33)27-15-18-3-5-19(6-4-18)25(31)28-22-9-7-21(26)8-10-22/h7-12,14,16,18-19,27H,3-6,13,15H2,1-2H3,(H,28,31)/t16-,18?,19?/m1/s1. The molecule has 9 heteroatoms. The van der Waals surface area contributed by atoms with E-state index in [9.17, 15) is 22.4 Å². The van der Waals surface area contributed by atoms with Gasteiger partial charge in [0.1, 0.15) is 5.82 Å². The number of nitrogens with zero attached hydrogens (tertiary/aromatic N) is 1. The zero-order valence-electron chi connectivity index (χ0n) is 19.4. The summed E-state index contributed by atoms with van der Waals surface area (Å²) in [7, 11) is -3.67. The lowest BCUT2D eigenvalue weighted by Crippen LogP contribution is -2.34. The van der Waals surface area contributed by atoms with Gasteiger partial charge in [-0.1, -0.05) is 0 Å². The Balaban J connectivity index is 1.30. The molecule has 0 aromatic heterocycles. The molecule has 1 fully saturated rings. The van der Waals surface area contributed by atoms with Crippen molar-refractivity contribution in [3.8, 4) is 0 Å². The highest BCUT2D eigenvalue weighted by Gasteiger charge is 2.31. The van der Waals surface area contributed by atoms with Gasteiger partial charge in [-0.05, 0) is 93.0 Å². The molecule has 182 valence electrons. The fourth-order valence-electron chi connectivity index (χ4n) is 4.97. The fraction of sp³-hybridized carbons (Fsp3) is 0.440. The average molecular weight is 488 g/mol. The first kappa shape index (κ1) is 24.3. The fourth-order valence-corrected chi connectivity index (χ4v) is 6.14. The second kappa shape index (κ2) is 9.84. The van der Waals surface area contributed by atoms with Crippen LogP contribution in [-0.2, 0) is 26.0 Å². The third-order valence-electron chi connectivity index (χ3n) is 6.81. The van der Waals surface area contributed by atoms with E-state index in [1.807, 2.05) is 6.92 Å². The number of nitrogens with one attached hydrogen (secondary N) is 2. The van der Waals surface area contributed by atoms with Gasteiger partial charge in [0.2, 0.25) is 21.8 Å². The van der Waals surface area contributed by atoms with Gasteiger partial charge >= 0.3 is 0 Å². The molecule has 2 aromatic carbocycles. The lowest BCUT2D eigenvalue weighted by Gasteiger charge is -2.28. The van der Waals surface area contributed by atoms with Gasteiger partial charge < -0.3 is 10.2 Å². The Labute approximate surface area is 199 Å². The number of benzene rings is 2. The summed E-state index contributed by atoms with van der Waals surface area (Å²) in [6, 6.07) is 10.6. The van der Waals surface area contributed by atoms with Crippen LogP contribution in [0, 0.1) is 17.7 Å². The molecule has 1 aliphatic heterocycles. The molecule has 0 spiro atoms. The van der Waals surface area contributed by atoms with Gasteiger partial charge in [0.15, 0.2) is 0 Å². The third kappa shape index (κ3) is 5.31. The molecule has 7 nitrogen and oxygen atoms in total. The molecule has 0 radical (unpaired) electrons. The number of carbonyl (C=O) groups is 2. The number of anilines is 2. The van der Waals surface area contributed by atoms with Crippen molar-refractivity contribution in [2.75, 3.05) is 16.8 Å². The van der Waals surface area contributed by atoms with Crippen LogP contribution in [0.1, 0.15) is 45.1 Å². The summed E-state index contributed by atoms with van der Waals surface area (Å²) in [4.78, 5) is 26.3. The quantitative estimate of drug-likeness (QED) is 0.647. The van der Waals surface area contributed by atoms with Gasteiger partial charge in [-0.15, -0.1) is 0 Å². The summed E-state index contributed by atoms with van der Waals surface area (Å²) >= 11 is 0. The van der Waals surface area contributed by atoms with Gasteiger partial charge in [-0.2, -0.15) is 0 Å². The predicted molar refractivity (Wildman–Crippen MR) is 128 cm³/mol. The Morgan fingerprint density at radius 1 is 1.06 bits per heavy atom. The molecule has 0 unspecified atom stereocenters. The summed E-state index contributed by atoms with van der Waals surface area (Å²) in [6.45, 7) is 3.78. The highest BCUT2D eigenvalue weighted by Crippen LogP contribution is 2.34. The molecule has 1 atom stereocenters. The monoisotopic (exact) mass is 487 g/mol. The molecular formula is C25H30FN3O4S. The lowest BCUT2D eigenvalue weighted by atomic mass is 9.81. The minimum atomic E-state index is -3.67. The molecule has 2 N–H and O–H groups in total. The minimum absolute atomic E-state index is 0.00820. The van der Waals surface area contributed by atoms with Crippen LogP contribution in [0.2, 0.25) is 0 Å². The van der Waals surface area contributed by atoms with Crippen molar-refractivity contribution in [1.29, 1.82) is 0 Å². The Morgan fingerprint density at radius 3 is 2.38 bits per heavy atom. The van der Waals surface area contributed by atoms with E-state index in [-0.39, 0.29) is 40.4 Å². The molecule has 0 bridgehead atoms. The lowest BCUT2D eigenvalue weighted by molar-refractivity contribution is -0.121. The highest BCUT2D eigenvalue weighted by atomic mass is 32.2. The first-order chi connectivity index (χ1) is 16.1. The first-order valence-electron chi connectivity index (χ1n) is 11.6. The predicted octanol–water partition coefficient (Wildman–Crippen LogP) is 3.85. The largest absolute Gasteiger partial charge is 0.326 e. The molecule has 34 heavy (non-hydrogen) atoms. The van der Waals surface area contributed by atoms with Gasteiger partial charge in [-0.3, -0.25) is 9.59 Å². The van der Waals surface area contributed by atoms with E-state index in [2.05, 4.69) is 10.0 Å². The number of halogens is 1. The molecule has 0 saturated heterocycles. The summed E-state index contributed by atoms with van der Waals surface area (Å²) in [5.74, 6) is -0.471. The van der Waals surface area contributed by atoms with E-state index < -0.39 is 10.0 Å². The van der Waals surface area contributed by atoms with Crippen LogP contribution in [0.25, 0.3) is 0 Å². The van der Waals surface area contributed by atoms with Crippen LogP contribution in [0.15, 0.2) is 47.4 Å². The number of hydrogen-bond donors (Lipinski definition) is 2. The molecule has 2 aromatic rings. The smallest absolute Gasteiger partial charge is 0.240 e. The SMILES string of the molecule is CC(=O)N1c2ccc(S(=O)(=O)NCC3CCC(C(=O)Nc4ccc(F)cc4)CC3)cc2C[C@H]1C. The van der Waals surface area contributed by atoms with Crippen molar-refractivity contribution < 1.29 is 22.4 Å². The average Bonchev–Trinajstić information content (AvgIpc) is 3.14. The zero-order chi connectivity index (χ0) is 24.5. The number of carbonyl (C=O) groups excluding carboxylic acids is 2. The molecule has 2 amide bonds. The van der Waals surface area contributed by atoms with E-state index in [1.165, 1.54) is 31.2 Å². The molecule has 1 heterocycles. The van der Waals surface area contributed by atoms with E-state index in [0.29, 0.717) is 31.5 Å². The van der Waals surface area contributed by atoms with Gasteiger partial charge in [-0.25, -0.2) is 17.5 Å². The van der Waals surface area contributed by atoms with Gasteiger partial charge in [0.05, 0.1) is 4.90 Å². The Bertz CT molecular complexity index is 1180. The van der Waals surface area contributed by atoms with Crippen LogP contribution < -0.4 is 14.9 Å². The van der Waals surface area contributed by atoms with Crippen molar-refractivity contribution in [3.05, 3.63) is 53.8 Å². The molecule has 1 aliphatic carbocycles. The van der Waals surface area contributed by atoms with Gasteiger partial charge in [0, 0.05) is 36.8 Å². The van der Waals surface area contributed by atoms with E-state index in [1.54, 1.807) is 23.1 Å². The van der Waals surface area contributed by atoms with E-state index in [0.717, 1.165) is 24.1 Å². The molecule has 1 saturated carbocycles. The Morgan fingerprint density at radius 2 is 1.74 bits per heavy atom. The van der Waals surface area contributed by atoms with Crippen LogP contribution in [0.5, 0.6) is 0 Å². The highest BCUT2D eigenvalue weighted by molar-refractivity contribution is 7.89. The van der Waals surface area contributed by atoms with Crippen LogP contribution in [0.3, 0.4) is 0 Å². The number of fused-ring (bicyclic) bond motifs is 1. The Hall–Kier alpha value is -2.78. The van der Waals surface area contributed by atoms with Crippen LogP contribution in [-0.4, -0.2) is 32.8 Å².